The molecule has 0 radical (unpaired) electrons. The third kappa shape index (κ3) is 3.70. The summed E-state index contributed by atoms with van der Waals surface area (Å²) in [5, 5.41) is 6.87. The van der Waals surface area contributed by atoms with E-state index in [-0.39, 0.29) is 5.91 Å². The van der Waals surface area contributed by atoms with Crippen molar-refractivity contribution in [3.8, 4) is 0 Å². The zero-order valence-electron chi connectivity index (χ0n) is 15.4. The van der Waals surface area contributed by atoms with Crippen molar-refractivity contribution >= 4 is 17.6 Å². The van der Waals surface area contributed by atoms with Crippen LogP contribution in [-0.4, -0.2) is 43.2 Å². The molecule has 3 aliphatic rings. The summed E-state index contributed by atoms with van der Waals surface area (Å²) in [4.78, 5) is 18.4. The number of fused-ring (bicyclic) bond motifs is 2. The fourth-order valence-electron chi connectivity index (χ4n) is 4.16. The van der Waals surface area contributed by atoms with Gasteiger partial charge in [0, 0.05) is 25.2 Å². The van der Waals surface area contributed by atoms with Crippen molar-refractivity contribution in [1.29, 1.82) is 0 Å². The van der Waals surface area contributed by atoms with Gasteiger partial charge in [0.15, 0.2) is 5.96 Å². The molecule has 3 saturated heterocycles. The van der Waals surface area contributed by atoms with Crippen LogP contribution in [0, 0.1) is 0 Å². The summed E-state index contributed by atoms with van der Waals surface area (Å²) >= 11 is 0. The van der Waals surface area contributed by atoms with Gasteiger partial charge in [-0.25, -0.2) is 4.99 Å². The molecule has 26 heavy (non-hydrogen) atoms. The van der Waals surface area contributed by atoms with Gasteiger partial charge in [0.2, 0.25) is 5.91 Å². The Morgan fingerprint density at radius 3 is 2.77 bits per heavy atom. The molecule has 1 aromatic carbocycles. The summed E-state index contributed by atoms with van der Waals surface area (Å²) in [7, 11) is 0. The molecule has 0 aliphatic carbocycles. The number of ether oxygens (including phenoxy) is 1. The minimum atomic E-state index is 0.225. The summed E-state index contributed by atoms with van der Waals surface area (Å²) in [5.41, 5.74) is 2.13. The van der Waals surface area contributed by atoms with Gasteiger partial charge in [0.25, 0.3) is 0 Å². The summed E-state index contributed by atoms with van der Waals surface area (Å²) in [6.45, 7) is 4.36. The molecule has 1 amide bonds. The minimum Gasteiger partial charge on any atom is -0.373 e. The van der Waals surface area contributed by atoms with Crippen molar-refractivity contribution in [3.05, 3.63) is 29.8 Å². The van der Waals surface area contributed by atoms with Gasteiger partial charge >= 0.3 is 0 Å². The van der Waals surface area contributed by atoms with Gasteiger partial charge in [-0.05, 0) is 50.3 Å². The van der Waals surface area contributed by atoms with Crippen molar-refractivity contribution in [2.45, 2.75) is 63.8 Å². The molecule has 6 nitrogen and oxygen atoms in total. The zero-order chi connectivity index (χ0) is 17.9. The number of anilines is 1. The number of carbonyl (C=O) groups is 1. The Hall–Kier alpha value is -2.08. The van der Waals surface area contributed by atoms with Crippen LogP contribution in [-0.2, 0) is 16.1 Å². The second kappa shape index (κ2) is 7.66. The van der Waals surface area contributed by atoms with E-state index in [2.05, 4.69) is 29.7 Å². The van der Waals surface area contributed by atoms with Gasteiger partial charge < -0.3 is 20.3 Å². The van der Waals surface area contributed by atoms with E-state index < -0.39 is 0 Å². The largest absolute Gasteiger partial charge is 0.373 e. The highest BCUT2D eigenvalue weighted by Gasteiger charge is 2.41. The lowest BCUT2D eigenvalue weighted by Crippen LogP contribution is -2.47. The molecule has 3 aliphatic heterocycles. The van der Waals surface area contributed by atoms with Crippen LogP contribution in [0.5, 0.6) is 0 Å². The first-order valence-corrected chi connectivity index (χ1v) is 9.82. The van der Waals surface area contributed by atoms with Crippen molar-refractivity contribution in [3.63, 3.8) is 0 Å². The summed E-state index contributed by atoms with van der Waals surface area (Å²) < 4.78 is 5.92. The smallest absolute Gasteiger partial charge is 0.227 e. The van der Waals surface area contributed by atoms with Crippen LogP contribution in [0.25, 0.3) is 0 Å². The zero-order valence-corrected chi connectivity index (χ0v) is 15.4. The van der Waals surface area contributed by atoms with Crippen LogP contribution in [0.2, 0.25) is 0 Å². The maximum absolute atomic E-state index is 11.8. The Morgan fingerprint density at radius 1 is 1.31 bits per heavy atom. The predicted octanol–water partition coefficient (Wildman–Crippen LogP) is 2.19. The number of hydrogen-bond acceptors (Lipinski definition) is 3. The Balaban J connectivity index is 1.37. The van der Waals surface area contributed by atoms with Gasteiger partial charge in [0.1, 0.15) is 0 Å². The summed E-state index contributed by atoms with van der Waals surface area (Å²) in [5.74, 6) is 1.08. The van der Waals surface area contributed by atoms with Crippen LogP contribution in [0.15, 0.2) is 29.3 Å². The Morgan fingerprint density at radius 2 is 2.15 bits per heavy atom. The summed E-state index contributed by atoms with van der Waals surface area (Å²) in [6, 6.07) is 8.55. The van der Waals surface area contributed by atoms with Crippen molar-refractivity contribution in [2.75, 3.05) is 18.0 Å². The third-order valence-electron chi connectivity index (χ3n) is 5.51. The number of aliphatic imine (C=N–C) groups is 1. The van der Waals surface area contributed by atoms with Crippen LogP contribution >= 0.6 is 0 Å². The van der Waals surface area contributed by atoms with Crippen molar-refractivity contribution in [1.82, 2.24) is 10.6 Å². The maximum Gasteiger partial charge on any atom is 0.227 e. The van der Waals surface area contributed by atoms with Crippen molar-refractivity contribution in [2.24, 2.45) is 4.99 Å². The van der Waals surface area contributed by atoms with Crippen LogP contribution < -0.4 is 15.5 Å². The number of nitrogens with zero attached hydrogens (tertiary/aromatic N) is 2. The molecule has 2 bridgehead atoms. The average Bonchev–Trinajstić information content (AvgIpc) is 3.37. The Labute approximate surface area is 155 Å². The molecule has 0 aromatic heterocycles. The van der Waals surface area contributed by atoms with Gasteiger partial charge in [-0.15, -0.1) is 0 Å². The third-order valence-corrected chi connectivity index (χ3v) is 5.51. The number of hydrogen-bond donors (Lipinski definition) is 2. The van der Waals surface area contributed by atoms with Gasteiger partial charge in [0.05, 0.1) is 24.8 Å². The van der Waals surface area contributed by atoms with E-state index in [0.29, 0.717) is 31.2 Å². The fourth-order valence-corrected chi connectivity index (χ4v) is 4.16. The molecular weight excluding hydrogens is 328 g/mol. The quantitative estimate of drug-likeness (QED) is 0.627. The highest BCUT2D eigenvalue weighted by molar-refractivity contribution is 5.95. The average molecular weight is 356 g/mol. The Bertz CT molecular complexity index is 673. The fraction of sp³-hybridized carbons (Fsp3) is 0.600. The van der Waals surface area contributed by atoms with Crippen molar-refractivity contribution < 1.29 is 9.53 Å². The lowest BCUT2D eigenvalue weighted by Gasteiger charge is -2.22. The molecule has 1 aromatic rings. The molecule has 3 atom stereocenters. The first-order valence-electron chi connectivity index (χ1n) is 9.82. The molecule has 3 fully saturated rings. The van der Waals surface area contributed by atoms with E-state index in [1.807, 2.05) is 17.0 Å². The normalized spacial score (nSPS) is 28.0. The first-order chi connectivity index (χ1) is 12.7. The molecule has 140 valence electrons. The van der Waals surface area contributed by atoms with Gasteiger partial charge in [-0.3, -0.25) is 4.79 Å². The number of amides is 1. The number of nitrogens with one attached hydrogen (secondary N) is 2. The molecule has 6 heteroatoms. The number of benzene rings is 1. The van der Waals surface area contributed by atoms with E-state index in [9.17, 15) is 4.79 Å². The highest BCUT2D eigenvalue weighted by Crippen LogP contribution is 2.34. The van der Waals surface area contributed by atoms with E-state index in [0.717, 1.165) is 49.6 Å². The minimum absolute atomic E-state index is 0.225. The molecule has 0 spiro atoms. The molecule has 3 unspecified atom stereocenters. The SMILES string of the molecule is CCNC(=NCc1ccc(N2CCCC2=O)cc1)NC1CC2CCC1O2. The number of guanidine groups is 1. The van der Waals surface area contributed by atoms with E-state index in [1.165, 1.54) is 6.42 Å². The topological polar surface area (TPSA) is 66.0 Å². The number of carbonyl (C=O) groups excluding carboxylic acids is 1. The summed E-state index contributed by atoms with van der Waals surface area (Å²) in [6.07, 6.45) is 5.81. The maximum atomic E-state index is 11.8. The standard InChI is InChI=1S/C20H28N4O2/c1-2-21-20(23-17-12-16-9-10-18(17)26-16)22-13-14-5-7-15(8-6-14)24-11-3-4-19(24)25/h5-8,16-18H,2-4,9-13H2,1H3,(H2,21,22,23). The molecule has 3 heterocycles. The lowest BCUT2D eigenvalue weighted by atomic mass is 9.96. The van der Waals surface area contributed by atoms with Crippen LogP contribution in [0.1, 0.15) is 44.6 Å². The van der Waals surface area contributed by atoms with E-state index in [4.69, 9.17) is 9.73 Å². The van der Waals surface area contributed by atoms with Gasteiger partial charge in [-0.1, -0.05) is 12.1 Å². The first kappa shape index (κ1) is 17.3. The lowest BCUT2D eigenvalue weighted by molar-refractivity contribution is -0.117. The van der Waals surface area contributed by atoms with Crippen LogP contribution in [0.3, 0.4) is 0 Å². The van der Waals surface area contributed by atoms with Gasteiger partial charge in [-0.2, -0.15) is 0 Å². The van der Waals surface area contributed by atoms with E-state index >= 15 is 0 Å². The van der Waals surface area contributed by atoms with Crippen LogP contribution in [0.4, 0.5) is 5.69 Å². The second-order valence-electron chi connectivity index (χ2n) is 7.37. The Kier molecular flexibility index (Phi) is 5.11. The molecule has 4 rings (SSSR count). The monoisotopic (exact) mass is 356 g/mol. The number of rotatable bonds is 5. The molecular formula is C20H28N4O2. The predicted molar refractivity (Wildman–Crippen MR) is 102 cm³/mol. The molecule has 2 N–H and O–H groups in total. The van der Waals surface area contributed by atoms with E-state index in [1.54, 1.807) is 0 Å². The molecule has 0 saturated carbocycles. The second-order valence-corrected chi connectivity index (χ2v) is 7.37. The highest BCUT2D eigenvalue weighted by atomic mass is 16.5.